The van der Waals surface area contributed by atoms with Crippen molar-refractivity contribution in [2.75, 3.05) is 13.6 Å². The quantitative estimate of drug-likeness (QED) is 0.897. The number of likely N-dealkylation sites (N-methyl/N-ethyl adjacent to an activating group) is 1. The van der Waals surface area contributed by atoms with E-state index in [2.05, 4.69) is 37.4 Å². The number of nitrogens with zero attached hydrogens (tertiary/aromatic N) is 1. The summed E-state index contributed by atoms with van der Waals surface area (Å²) in [4.78, 5) is 13.8. The van der Waals surface area contributed by atoms with Crippen molar-refractivity contribution in [1.82, 2.24) is 10.2 Å². The molecule has 1 aromatic rings. The number of urea groups is 1. The Morgan fingerprint density at radius 3 is 2.77 bits per heavy atom. The largest absolute Gasteiger partial charge is 0.392 e. The van der Waals surface area contributed by atoms with E-state index >= 15 is 0 Å². The summed E-state index contributed by atoms with van der Waals surface area (Å²) in [6, 6.07) is 6.62. The summed E-state index contributed by atoms with van der Waals surface area (Å²) in [7, 11) is 1.72. The van der Waals surface area contributed by atoms with Crippen molar-refractivity contribution < 1.29 is 9.90 Å². The molecule has 4 heteroatoms. The fourth-order valence-corrected chi connectivity index (χ4v) is 3.07. The summed E-state index contributed by atoms with van der Waals surface area (Å²) in [6.45, 7) is 6.41. The Morgan fingerprint density at radius 1 is 1.41 bits per heavy atom. The van der Waals surface area contributed by atoms with Crippen LogP contribution in [0.1, 0.15) is 62.3 Å². The summed E-state index contributed by atoms with van der Waals surface area (Å²) in [5.74, 6) is 0.487. The molecule has 0 aliphatic heterocycles. The van der Waals surface area contributed by atoms with Crippen molar-refractivity contribution in [3.05, 3.63) is 34.9 Å². The topological polar surface area (TPSA) is 52.6 Å². The number of rotatable bonds is 4. The van der Waals surface area contributed by atoms with Gasteiger partial charge in [-0.15, -0.1) is 0 Å². The molecular weight excluding hydrogens is 276 g/mol. The number of aryl methyl sites for hydroxylation is 1. The van der Waals surface area contributed by atoms with E-state index in [4.69, 9.17) is 0 Å². The standard InChI is InChI=1S/C18H28N2O2/c1-12(2)15-9-8-14-6-5-7-17(16(14)10-15)19-18(22)20(4)11-13(3)21/h8-10,12-13,17,21H,5-7,11H2,1-4H3,(H,19,22)/t13?,17-/m1/s1. The molecule has 2 N–H and O–H groups in total. The summed E-state index contributed by atoms with van der Waals surface area (Å²) >= 11 is 0. The second-order valence-electron chi connectivity index (χ2n) is 6.74. The zero-order valence-electron chi connectivity index (χ0n) is 14.1. The maximum absolute atomic E-state index is 12.3. The third kappa shape index (κ3) is 4.01. The van der Waals surface area contributed by atoms with Gasteiger partial charge in [-0.3, -0.25) is 0 Å². The van der Waals surface area contributed by atoms with E-state index in [0.717, 1.165) is 19.3 Å². The minimum absolute atomic E-state index is 0.0754. The molecular formula is C18H28N2O2. The zero-order valence-corrected chi connectivity index (χ0v) is 14.1. The van der Waals surface area contributed by atoms with E-state index in [9.17, 15) is 9.90 Å². The van der Waals surface area contributed by atoms with E-state index < -0.39 is 6.10 Å². The van der Waals surface area contributed by atoms with Gasteiger partial charge in [-0.25, -0.2) is 4.79 Å². The van der Waals surface area contributed by atoms with Crippen molar-refractivity contribution in [2.45, 2.75) is 58.1 Å². The van der Waals surface area contributed by atoms with Crippen molar-refractivity contribution >= 4 is 6.03 Å². The molecule has 0 radical (unpaired) electrons. The Kier molecular flexibility index (Phi) is 5.46. The molecule has 1 aliphatic carbocycles. The van der Waals surface area contributed by atoms with Crippen LogP contribution in [0.2, 0.25) is 0 Å². The predicted octanol–water partition coefficient (Wildman–Crippen LogP) is 3.21. The number of benzene rings is 1. The molecule has 22 heavy (non-hydrogen) atoms. The van der Waals surface area contributed by atoms with Gasteiger partial charge in [0, 0.05) is 13.6 Å². The van der Waals surface area contributed by atoms with Gasteiger partial charge in [-0.05, 0) is 48.8 Å². The first kappa shape index (κ1) is 16.8. The van der Waals surface area contributed by atoms with Crippen molar-refractivity contribution in [2.24, 2.45) is 0 Å². The van der Waals surface area contributed by atoms with E-state index in [1.165, 1.54) is 16.7 Å². The van der Waals surface area contributed by atoms with Crippen molar-refractivity contribution in [3.63, 3.8) is 0 Å². The van der Waals surface area contributed by atoms with Gasteiger partial charge in [-0.2, -0.15) is 0 Å². The Labute approximate surface area is 133 Å². The molecule has 0 saturated carbocycles. The van der Waals surface area contributed by atoms with Gasteiger partial charge in [-0.1, -0.05) is 32.0 Å². The Balaban J connectivity index is 2.14. The van der Waals surface area contributed by atoms with Gasteiger partial charge in [0.1, 0.15) is 0 Å². The highest BCUT2D eigenvalue weighted by atomic mass is 16.3. The minimum Gasteiger partial charge on any atom is -0.392 e. The minimum atomic E-state index is -0.512. The molecule has 1 aromatic carbocycles. The number of fused-ring (bicyclic) bond motifs is 1. The lowest BCUT2D eigenvalue weighted by atomic mass is 9.85. The maximum atomic E-state index is 12.3. The van der Waals surface area contributed by atoms with Crippen LogP contribution < -0.4 is 5.32 Å². The highest BCUT2D eigenvalue weighted by Gasteiger charge is 2.24. The predicted molar refractivity (Wildman–Crippen MR) is 89.1 cm³/mol. The Hall–Kier alpha value is -1.55. The van der Waals surface area contributed by atoms with Gasteiger partial charge in [0.2, 0.25) is 0 Å². The smallest absolute Gasteiger partial charge is 0.317 e. The normalized spacial score (nSPS) is 18.7. The number of aliphatic hydroxyl groups is 1. The lowest BCUT2D eigenvalue weighted by Crippen LogP contribution is -2.42. The average Bonchev–Trinajstić information content (AvgIpc) is 2.46. The SMILES string of the molecule is CC(O)CN(C)C(=O)N[C@@H]1CCCc2ccc(C(C)C)cc21. The maximum Gasteiger partial charge on any atom is 0.317 e. The summed E-state index contributed by atoms with van der Waals surface area (Å²) < 4.78 is 0. The molecule has 0 aromatic heterocycles. The second-order valence-corrected chi connectivity index (χ2v) is 6.74. The van der Waals surface area contributed by atoms with E-state index in [1.54, 1.807) is 18.9 Å². The molecule has 2 rings (SSSR count). The average molecular weight is 304 g/mol. The molecule has 122 valence electrons. The molecule has 0 spiro atoms. The molecule has 1 unspecified atom stereocenters. The number of amides is 2. The summed E-state index contributed by atoms with van der Waals surface area (Å²) in [5.41, 5.74) is 3.92. The van der Waals surface area contributed by atoms with Crippen molar-refractivity contribution in [1.29, 1.82) is 0 Å². The molecule has 2 amide bonds. The van der Waals surface area contributed by atoms with Gasteiger partial charge in [0.15, 0.2) is 0 Å². The first-order valence-electron chi connectivity index (χ1n) is 8.21. The first-order valence-corrected chi connectivity index (χ1v) is 8.21. The monoisotopic (exact) mass is 304 g/mol. The van der Waals surface area contributed by atoms with Crippen LogP contribution in [0.25, 0.3) is 0 Å². The molecule has 2 atom stereocenters. The molecule has 0 heterocycles. The Morgan fingerprint density at radius 2 is 2.14 bits per heavy atom. The lowest BCUT2D eigenvalue weighted by molar-refractivity contribution is 0.142. The number of hydrogen-bond donors (Lipinski definition) is 2. The van der Waals surface area contributed by atoms with Crippen LogP contribution in [0.5, 0.6) is 0 Å². The molecule has 0 fully saturated rings. The highest BCUT2D eigenvalue weighted by Crippen LogP contribution is 2.32. The van der Waals surface area contributed by atoms with Crippen LogP contribution in [0.15, 0.2) is 18.2 Å². The van der Waals surface area contributed by atoms with Crippen LogP contribution in [0.3, 0.4) is 0 Å². The zero-order chi connectivity index (χ0) is 16.3. The number of hydrogen-bond acceptors (Lipinski definition) is 2. The number of carbonyl (C=O) groups is 1. The third-order valence-electron chi connectivity index (χ3n) is 4.33. The lowest BCUT2D eigenvalue weighted by Gasteiger charge is -2.29. The molecule has 0 bridgehead atoms. The Bertz CT molecular complexity index is 526. The van der Waals surface area contributed by atoms with Gasteiger partial charge >= 0.3 is 6.03 Å². The van der Waals surface area contributed by atoms with Crippen molar-refractivity contribution in [3.8, 4) is 0 Å². The van der Waals surface area contributed by atoms with Crippen LogP contribution in [-0.4, -0.2) is 35.7 Å². The number of nitrogens with one attached hydrogen (secondary N) is 1. The van der Waals surface area contributed by atoms with E-state index in [0.29, 0.717) is 12.5 Å². The van der Waals surface area contributed by atoms with E-state index in [-0.39, 0.29) is 12.1 Å². The van der Waals surface area contributed by atoms with Gasteiger partial charge < -0.3 is 15.3 Å². The fraction of sp³-hybridized carbons (Fsp3) is 0.611. The van der Waals surface area contributed by atoms with Gasteiger partial charge in [0.25, 0.3) is 0 Å². The van der Waals surface area contributed by atoms with E-state index in [1.807, 2.05) is 0 Å². The van der Waals surface area contributed by atoms with Crippen LogP contribution in [0.4, 0.5) is 4.79 Å². The number of carbonyl (C=O) groups excluding carboxylic acids is 1. The molecule has 0 saturated heterocycles. The molecule has 4 nitrogen and oxygen atoms in total. The van der Waals surface area contributed by atoms with Crippen LogP contribution in [-0.2, 0) is 6.42 Å². The molecule has 1 aliphatic rings. The summed E-state index contributed by atoms with van der Waals surface area (Å²) in [5, 5.41) is 12.5. The second kappa shape index (κ2) is 7.14. The first-order chi connectivity index (χ1) is 10.4. The van der Waals surface area contributed by atoms with Crippen LogP contribution >= 0.6 is 0 Å². The summed E-state index contributed by atoms with van der Waals surface area (Å²) in [6.07, 6.45) is 2.65. The van der Waals surface area contributed by atoms with Crippen LogP contribution in [0, 0.1) is 0 Å². The third-order valence-corrected chi connectivity index (χ3v) is 4.33. The van der Waals surface area contributed by atoms with Gasteiger partial charge in [0.05, 0.1) is 12.1 Å². The highest BCUT2D eigenvalue weighted by molar-refractivity contribution is 5.74. The number of aliphatic hydroxyl groups excluding tert-OH is 1. The fourth-order valence-electron chi connectivity index (χ4n) is 3.07.